The normalized spacial score (nSPS) is 11.4. The summed E-state index contributed by atoms with van der Waals surface area (Å²) in [5.41, 5.74) is 12.9. The maximum absolute atomic E-state index is 15.7. The van der Waals surface area contributed by atoms with Crippen LogP contribution in [0.4, 0.5) is 4.39 Å². The Hall–Kier alpha value is -6.72. The smallest absolute Gasteiger partial charge is 0.164 e. The molecule has 0 aliphatic carbocycles. The predicted molar refractivity (Wildman–Crippen MR) is 216 cm³/mol. The third kappa shape index (κ3) is 5.77. The second-order valence-corrected chi connectivity index (χ2v) is 13.6. The van der Waals surface area contributed by atoms with Crippen LogP contribution in [-0.2, 0) is 0 Å². The molecular formula is C48H35FN4. The minimum Gasteiger partial charge on any atom is -0.309 e. The van der Waals surface area contributed by atoms with Crippen LogP contribution in [0.2, 0.25) is 0 Å². The number of rotatable bonds is 6. The number of benzene rings is 7. The van der Waals surface area contributed by atoms with Crippen molar-refractivity contribution in [2.45, 2.75) is 20.8 Å². The average Bonchev–Trinajstić information content (AvgIpc) is 3.52. The number of aromatic nitrogens is 4. The van der Waals surface area contributed by atoms with Gasteiger partial charge in [-0.15, -0.1) is 0 Å². The number of hydrogen-bond acceptors (Lipinski definition) is 3. The van der Waals surface area contributed by atoms with Crippen LogP contribution in [0.25, 0.3) is 83.9 Å². The van der Waals surface area contributed by atoms with E-state index >= 15 is 4.39 Å². The fraction of sp³-hybridized carbons (Fsp3) is 0.0625. The highest BCUT2D eigenvalue weighted by Gasteiger charge is 2.21. The molecule has 53 heavy (non-hydrogen) atoms. The van der Waals surface area contributed by atoms with Gasteiger partial charge in [-0.3, -0.25) is 0 Å². The highest BCUT2D eigenvalue weighted by Crippen LogP contribution is 2.40. The fourth-order valence-electron chi connectivity index (χ4n) is 7.74. The summed E-state index contributed by atoms with van der Waals surface area (Å²) < 4.78 is 18.0. The van der Waals surface area contributed by atoms with Crippen LogP contribution in [0, 0.1) is 26.6 Å². The Morgan fingerprint density at radius 3 is 1.70 bits per heavy atom. The zero-order valence-electron chi connectivity index (χ0n) is 29.7. The molecule has 0 unspecified atom stereocenters. The third-order valence-corrected chi connectivity index (χ3v) is 10.0. The molecule has 0 saturated carbocycles. The van der Waals surface area contributed by atoms with E-state index in [2.05, 4.69) is 92.1 Å². The Balaban J connectivity index is 1.33. The van der Waals surface area contributed by atoms with Crippen LogP contribution in [0.5, 0.6) is 0 Å². The molecule has 2 aromatic heterocycles. The Kier molecular flexibility index (Phi) is 7.97. The Morgan fingerprint density at radius 1 is 0.434 bits per heavy atom. The van der Waals surface area contributed by atoms with Gasteiger partial charge in [0.2, 0.25) is 0 Å². The molecule has 0 bridgehead atoms. The maximum Gasteiger partial charge on any atom is 0.164 e. The Labute approximate surface area is 307 Å². The highest BCUT2D eigenvalue weighted by molar-refractivity contribution is 6.10. The standard InChI is InChI=1S/C48H35FN4/c1-30-26-31(2)45(32(3)27-30)35-22-24-40-39-19-11-13-21-43(39)53(44(40)28-35)36-23-25-37(38-18-10-12-20-42(38)49)41(29-36)48-51-46(33-14-6-4-7-15-33)50-47(52-48)34-16-8-5-9-17-34/h4-29H,1-3H3. The molecule has 0 fully saturated rings. The first kappa shape index (κ1) is 32.2. The lowest BCUT2D eigenvalue weighted by atomic mass is 9.93. The van der Waals surface area contributed by atoms with E-state index in [0.29, 0.717) is 34.2 Å². The largest absolute Gasteiger partial charge is 0.309 e. The first-order valence-electron chi connectivity index (χ1n) is 17.8. The van der Waals surface area contributed by atoms with E-state index in [9.17, 15) is 0 Å². The van der Waals surface area contributed by atoms with Gasteiger partial charge >= 0.3 is 0 Å². The summed E-state index contributed by atoms with van der Waals surface area (Å²) in [6.45, 7) is 6.52. The van der Waals surface area contributed by atoms with E-state index in [1.165, 1.54) is 28.3 Å². The molecule has 0 aliphatic heterocycles. The number of nitrogens with zero attached hydrogens (tertiary/aromatic N) is 4. The van der Waals surface area contributed by atoms with E-state index in [1.54, 1.807) is 6.07 Å². The minimum absolute atomic E-state index is 0.313. The van der Waals surface area contributed by atoms with E-state index in [1.807, 2.05) is 78.9 Å². The van der Waals surface area contributed by atoms with Gasteiger partial charge in [0, 0.05) is 38.7 Å². The molecule has 7 aromatic carbocycles. The van der Waals surface area contributed by atoms with Gasteiger partial charge in [-0.1, -0.05) is 133 Å². The number of para-hydroxylation sites is 1. The summed E-state index contributed by atoms with van der Waals surface area (Å²) in [5, 5.41) is 2.31. The van der Waals surface area contributed by atoms with Crippen molar-refractivity contribution in [1.29, 1.82) is 0 Å². The molecule has 0 N–H and O–H groups in total. The van der Waals surface area contributed by atoms with Crippen LogP contribution < -0.4 is 0 Å². The number of fused-ring (bicyclic) bond motifs is 3. The number of hydrogen-bond donors (Lipinski definition) is 0. The van der Waals surface area contributed by atoms with Crippen LogP contribution in [-0.4, -0.2) is 19.5 Å². The summed E-state index contributed by atoms with van der Waals surface area (Å²) in [6, 6.07) is 52.6. The molecular weight excluding hydrogens is 652 g/mol. The number of aryl methyl sites for hydroxylation is 3. The van der Waals surface area contributed by atoms with Crippen molar-refractivity contribution < 1.29 is 4.39 Å². The molecule has 0 radical (unpaired) electrons. The summed E-state index contributed by atoms with van der Waals surface area (Å²) in [6.07, 6.45) is 0. The van der Waals surface area contributed by atoms with Gasteiger partial charge in [0.1, 0.15) is 5.82 Å². The Bertz CT molecular complexity index is 2740. The van der Waals surface area contributed by atoms with E-state index in [0.717, 1.165) is 44.2 Å². The molecule has 254 valence electrons. The van der Waals surface area contributed by atoms with Gasteiger partial charge in [0.05, 0.1) is 11.0 Å². The quantitative estimate of drug-likeness (QED) is 0.175. The predicted octanol–water partition coefficient (Wildman–Crippen LogP) is 12.4. The van der Waals surface area contributed by atoms with Gasteiger partial charge < -0.3 is 4.57 Å². The van der Waals surface area contributed by atoms with Crippen molar-refractivity contribution in [3.63, 3.8) is 0 Å². The van der Waals surface area contributed by atoms with Crippen molar-refractivity contribution in [2.24, 2.45) is 0 Å². The van der Waals surface area contributed by atoms with Crippen LogP contribution in [0.15, 0.2) is 158 Å². The zero-order chi connectivity index (χ0) is 36.1. The highest BCUT2D eigenvalue weighted by atomic mass is 19.1. The average molecular weight is 687 g/mol. The van der Waals surface area contributed by atoms with Crippen molar-refractivity contribution >= 4 is 21.8 Å². The van der Waals surface area contributed by atoms with Crippen LogP contribution in [0.1, 0.15) is 16.7 Å². The molecule has 0 aliphatic rings. The first-order chi connectivity index (χ1) is 25.9. The summed E-state index contributed by atoms with van der Waals surface area (Å²) in [5.74, 6) is 1.24. The van der Waals surface area contributed by atoms with Gasteiger partial charge in [0.25, 0.3) is 0 Å². The monoisotopic (exact) mass is 686 g/mol. The van der Waals surface area contributed by atoms with Crippen LogP contribution >= 0.6 is 0 Å². The summed E-state index contributed by atoms with van der Waals surface area (Å²) in [7, 11) is 0. The molecule has 0 spiro atoms. The van der Waals surface area contributed by atoms with E-state index < -0.39 is 0 Å². The zero-order valence-corrected chi connectivity index (χ0v) is 29.7. The van der Waals surface area contributed by atoms with E-state index in [4.69, 9.17) is 15.0 Å². The van der Waals surface area contributed by atoms with Crippen molar-refractivity contribution in [3.05, 3.63) is 180 Å². The van der Waals surface area contributed by atoms with E-state index in [-0.39, 0.29) is 5.82 Å². The molecule has 9 rings (SSSR count). The van der Waals surface area contributed by atoms with Gasteiger partial charge in [0.15, 0.2) is 17.5 Å². The minimum atomic E-state index is -0.313. The van der Waals surface area contributed by atoms with Crippen LogP contribution in [0.3, 0.4) is 0 Å². The second-order valence-electron chi connectivity index (χ2n) is 13.6. The summed E-state index contributed by atoms with van der Waals surface area (Å²) in [4.78, 5) is 15.1. The van der Waals surface area contributed by atoms with Gasteiger partial charge in [-0.05, 0) is 78.9 Å². The van der Waals surface area contributed by atoms with Crippen molar-refractivity contribution in [1.82, 2.24) is 19.5 Å². The second kappa shape index (κ2) is 13.1. The van der Waals surface area contributed by atoms with Crippen molar-refractivity contribution in [3.8, 4) is 62.1 Å². The Morgan fingerprint density at radius 2 is 1.02 bits per heavy atom. The maximum atomic E-state index is 15.7. The molecule has 4 nitrogen and oxygen atoms in total. The summed E-state index contributed by atoms with van der Waals surface area (Å²) >= 11 is 0. The van der Waals surface area contributed by atoms with Gasteiger partial charge in [-0.25, -0.2) is 19.3 Å². The SMILES string of the molecule is Cc1cc(C)c(-c2ccc3c4ccccc4n(-c4ccc(-c5ccccc5F)c(-c5nc(-c6ccccc6)nc(-c6ccccc6)n5)c4)c3c2)c(C)c1. The molecule has 9 aromatic rings. The topological polar surface area (TPSA) is 43.6 Å². The first-order valence-corrected chi connectivity index (χ1v) is 17.8. The molecule has 0 amide bonds. The number of halogens is 1. The molecule has 0 saturated heterocycles. The lowest BCUT2D eigenvalue weighted by molar-refractivity contribution is 0.631. The molecule has 2 heterocycles. The fourth-order valence-corrected chi connectivity index (χ4v) is 7.74. The lowest BCUT2D eigenvalue weighted by Gasteiger charge is -2.16. The third-order valence-electron chi connectivity index (χ3n) is 10.0. The molecule has 5 heteroatoms. The molecule has 0 atom stereocenters. The lowest BCUT2D eigenvalue weighted by Crippen LogP contribution is -2.03. The van der Waals surface area contributed by atoms with Gasteiger partial charge in [-0.2, -0.15) is 0 Å². The van der Waals surface area contributed by atoms with Crippen molar-refractivity contribution in [2.75, 3.05) is 0 Å².